The summed E-state index contributed by atoms with van der Waals surface area (Å²) in [6, 6.07) is 8.80. The van der Waals surface area contributed by atoms with Crippen molar-refractivity contribution in [2.24, 2.45) is 0 Å². The van der Waals surface area contributed by atoms with Crippen LogP contribution in [-0.4, -0.2) is 128 Å². The van der Waals surface area contributed by atoms with Gasteiger partial charge in [-0.1, -0.05) is 25.0 Å². The maximum Gasteiger partial charge on any atom is 1.00 e. The number of pyridine rings is 2. The molecule has 0 aliphatic carbocycles. The number of carboxylic acids is 1. The van der Waals surface area contributed by atoms with Crippen LogP contribution in [0.4, 0.5) is 11.6 Å². The Morgan fingerprint density at radius 3 is 1.58 bits per heavy atom. The van der Waals surface area contributed by atoms with E-state index in [0.29, 0.717) is 32.3 Å². The minimum atomic E-state index is -1.01. The molecular formula is C42H69LiN6O8. The number of carbonyl (C=O) groups is 2. The Morgan fingerprint density at radius 1 is 0.719 bits per heavy atom. The van der Waals surface area contributed by atoms with Crippen LogP contribution < -0.4 is 29.5 Å². The Labute approximate surface area is 351 Å². The number of rotatable bonds is 17. The van der Waals surface area contributed by atoms with Gasteiger partial charge in [0.25, 0.3) is 0 Å². The molecule has 6 heterocycles. The Kier molecular flexibility index (Phi) is 22.6. The van der Waals surface area contributed by atoms with Gasteiger partial charge in [-0.15, -0.1) is 0 Å². The Morgan fingerprint density at radius 2 is 1.16 bits per heavy atom. The zero-order valence-corrected chi connectivity index (χ0v) is 34.7. The first kappa shape index (κ1) is 50.3. The second kappa shape index (κ2) is 25.6. The summed E-state index contributed by atoms with van der Waals surface area (Å²) in [6.07, 6.45) is 16.1. The van der Waals surface area contributed by atoms with Gasteiger partial charge < -0.3 is 51.4 Å². The van der Waals surface area contributed by atoms with E-state index in [0.717, 1.165) is 109 Å². The van der Waals surface area contributed by atoms with Crippen LogP contribution in [0.3, 0.4) is 0 Å². The van der Waals surface area contributed by atoms with E-state index in [1.54, 1.807) is 6.92 Å². The van der Waals surface area contributed by atoms with E-state index in [9.17, 15) is 19.8 Å². The average molecular weight is 793 g/mol. The largest absolute Gasteiger partial charge is 1.00 e. The summed E-state index contributed by atoms with van der Waals surface area (Å²) < 4.78 is 4.97. The Balaban J connectivity index is 0.000000375. The van der Waals surface area contributed by atoms with Gasteiger partial charge in [0.15, 0.2) is 0 Å². The topological polar surface area (TPSA) is 222 Å². The predicted molar refractivity (Wildman–Crippen MR) is 218 cm³/mol. The van der Waals surface area contributed by atoms with Crippen molar-refractivity contribution in [3.63, 3.8) is 0 Å². The van der Waals surface area contributed by atoms with Crippen molar-refractivity contribution in [2.45, 2.75) is 134 Å². The number of nitrogens with one attached hydrogen (secondary N) is 2. The van der Waals surface area contributed by atoms with Gasteiger partial charge in [-0.3, -0.25) is 9.59 Å². The number of ether oxygens (including phenoxy) is 1. The third kappa shape index (κ3) is 17.1. The molecule has 316 valence electrons. The summed E-state index contributed by atoms with van der Waals surface area (Å²) in [5, 5.41) is 36.5. The fourth-order valence-electron chi connectivity index (χ4n) is 8.15. The number of carboxylic acid groups (broad SMARTS) is 1. The fraction of sp³-hybridized carbons (Fsp3) is 0.714. The number of likely N-dealkylation sites (tertiary alicyclic amines) is 2. The van der Waals surface area contributed by atoms with Gasteiger partial charge in [-0.25, -0.2) is 9.97 Å². The van der Waals surface area contributed by atoms with E-state index in [1.165, 1.54) is 54.6 Å². The van der Waals surface area contributed by atoms with Gasteiger partial charge in [-0.2, -0.15) is 0 Å². The zero-order valence-electron chi connectivity index (χ0n) is 34.7. The molecule has 4 aliphatic rings. The van der Waals surface area contributed by atoms with E-state index < -0.39 is 17.2 Å². The number of carbonyl (C=O) groups excluding carboxylic acids is 1. The molecule has 0 atom stereocenters. The summed E-state index contributed by atoms with van der Waals surface area (Å²) in [4.78, 5) is 36.7. The molecule has 2 fully saturated rings. The van der Waals surface area contributed by atoms with Crippen molar-refractivity contribution in [2.75, 3.05) is 69.6 Å². The molecule has 0 spiro atoms. The van der Waals surface area contributed by atoms with Gasteiger partial charge in [0.2, 0.25) is 0 Å². The van der Waals surface area contributed by atoms with Crippen LogP contribution in [0.15, 0.2) is 24.3 Å². The number of nitrogens with zero attached hydrogens (tertiary/aromatic N) is 4. The van der Waals surface area contributed by atoms with Gasteiger partial charge >= 0.3 is 30.8 Å². The van der Waals surface area contributed by atoms with Crippen LogP contribution in [0.5, 0.6) is 0 Å². The van der Waals surface area contributed by atoms with Crippen LogP contribution in [0, 0.1) is 0 Å². The molecule has 57 heavy (non-hydrogen) atoms. The van der Waals surface area contributed by atoms with Gasteiger partial charge in [-0.05, 0) is 133 Å². The van der Waals surface area contributed by atoms with Crippen LogP contribution in [0.1, 0.15) is 119 Å². The van der Waals surface area contributed by atoms with E-state index in [2.05, 4.69) is 44.7 Å². The number of esters is 1. The second-order valence-electron chi connectivity index (χ2n) is 16.0. The number of anilines is 2. The van der Waals surface area contributed by atoms with Crippen molar-refractivity contribution < 1.29 is 59.5 Å². The fourth-order valence-corrected chi connectivity index (χ4v) is 8.15. The van der Waals surface area contributed by atoms with Crippen molar-refractivity contribution in [3.05, 3.63) is 46.8 Å². The smallest absolute Gasteiger partial charge is 0.870 e. The third-order valence-electron chi connectivity index (χ3n) is 11.6. The van der Waals surface area contributed by atoms with Crippen LogP contribution in [0.2, 0.25) is 0 Å². The molecule has 2 saturated heterocycles. The molecule has 0 amide bonds. The second-order valence-corrected chi connectivity index (χ2v) is 16.0. The molecular weight excluding hydrogens is 723 g/mol. The van der Waals surface area contributed by atoms with E-state index >= 15 is 0 Å². The van der Waals surface area contributed by atoms with Crippen molar-refractivity contribution in [3.8, 4) is 0 Å². The molecule has 0 bridgehead atoms. The number of aryl methyl sites for hydroxylation is 4. The number of fused-ring (bicyclic) bond motifs is 2. The van der Waals surface area contributed by atoms with Crippen LogP contribution in [0.25, 0.3) is 0 Å². The summed E-state index contributed by atoms with van der Waals surface area (Å²) in [5.41, 5.74) is 3.17. The van der Waals surface area contributed by atoms with Crippen molar-refractivity contribution >= 4 is 23.6 Å². The van der Waals surface area contributed by atoms with Crippen molar-refractivity contribution in [1.29, 1.82) is 0 Å². The summed E-state index contributed by atoms with van der Waals surface area (Å²) >= 11 is 0. The number of aliphatic carboxylic acids is 1. The average Bonchev–Trinajstić information content (AvgIpc) is 3.16. The van der Waals surface area contributed by atoms with Gasteiger partial charge in [0, 0.05) is 50.7 Å². The molecule has 8 N–H and O–H groups in total. The van der Waals surface area contributed by atoms with E-state index in [1.807, 2.05) is 0 Å². The van der Waals surface area contributed by atoms with E-state index in [4.69, 9.17) is 19.8 Å². The maximum absolute atomic E-state index is 11.6. The molecule has 6 rings (SSSR count). The molecule has 15 heteroatoms. The minimum absolute atomic E-state index is 0. The van der Waals surface area contributed by atoms with E-state index in [-0.39, 0.29) is 48.6 Å². The SMILES string of the molecule is CCOC(=O)CC1(O)CCN(CCCCCc2ccc3c(n2)NCCC3)CC1.O.O=C(O)CC1(O)CCN(CCCCCc2ccc3c(n2)NCCC3)CC1.[Li+].[OH-]. The number of aliphatic hydroxyl groups is 2. The number of hydrogen-bond acceptors (Lipinski definition) is 12. The molecule has 0 radical (unpaired) electrons. The molecule has 4 aliphatic heterocycles. The van der Waals surface area contributed by atoms with Crippen molar-refractivity contribution in [1.82, 2.24) is 19.8 Å². The summed E-state index contributed by atoms with van der Waals surface area (Å²) in [7, 11) is 0. The molecule has 2 aromatic rings. The molecule has 14 nitrogen and oxygen atoms in total. The molecule has 0 aromatic carbocycles. The normalized spacial score (nSPS) is 18.2. The Bertz CT molecular complexity index is 1490. The first-order valence-corrected chi connectivity index (χ1v) is 20.8. The first-order chi connectivity index (χ1) is 26.1. The minimum Gasteiger partial charge on any atom is -0.870 e. The molecule has 0 saturated carbocycles. The van der Waals surface area contributed by atoms with Crippen LogP contribution >= 0.6 is 0 Å². The standard InChI is InChI=1S/C22H35N3O3.C20H31N3O3.Li.2H2O/c1-2-28-20(26)17-22(27)11-15-25(16-12-22)14-5-3-4-8-19-10-9-18-7-6-13-23-21(18)24-19;24-18(25)15-20(26)9-13-23(14-10-20)12-3-1-2-6-17-8-7-16-5-4-11-21-19(16)22-17;;;/h9-10,27H,2-8,11-17H2,1H3,(H,23,24);7-8,26H,1-6,9-15H2,(H,21,22)(H,24,25);;2*1H2/q;;+1;;/p-1. The third-order valence-corrected chi connectivity index (χ3v) is 11.6. The predicted octanol–water partition coefficient (Wildman–Crippen LogP) is 1.39. The number of aromatic nitrogens is 2. The Hall–Kier alpha value is -2.80. The first-order valence-electron chi connectivity index (χ1n) is 20.8. The van der Waals surface area contributed by atoms with Crippen LogP contribution in [-0.2, 0) is 40.0 Å². The summed E-state index contributed by atoms with van der Waals surface area (Å²) in [5.74, 6) is 0.972. The quantitative estimate of drug-likeness (QED) is 0.0870. The summed E-state index contributed by atoms with van der Waals surface area (Å²) in [6.45, 7) is 9.62. The van der Waals surface area contributed by atoms with Gasteiger partial charge in [0.05, 0.1) is 30.7 Å². The number of unbranched alkanes of at least 4 members (excludes halogenated alkanes) is 4. The number of piperidine rings is 2. The number of hydrogen-bond donors (Lipinski definition) is 5. The van der Waals surface area contributed by atoms with Gasteiger partial charge in [0.1, 0.15) is 11.6 Å². The molecule has 0 unspecified atom stereocenters. The monoisotopic (exact) mass is 793 g/mol. The zero-order chi connectivity index (χ0) is 38.2. The molecule has 2 aromatic heterocycles. The maximum atomic E-state index is 11.6.